The number of imidazole rings is 1. The van der Waals surface area contributed by atoms with Crippen molar-refractivity contribution < 1.29 is 9.47 Å². The van der Waals surface area contributed by atoms with E-state index < -0.39 is 0 Å². The topological polar surface area (TPSA) is 48.7 Å². The molecule has 0 radical (unpaired) electrons. The first-order valence-corrected chi connectivity index (χ1v) is 11.4. The third-order valence-electron chi connectivity index (χ3n) is 6.20. The number of hydrogen-bond acceptors (Lipinski definition) is 4. The molecule has 0 aliphatic heterocycles. The Hall–Kier alpha value is -4.64. The Labute approximate surface area is 203 Å². The molecule has 0 saturated carbocycles. The van der Waals surface area contributed by atoms with Gasteiger partial charge >= 0.3 is 0 Å². The number of rotatable bonds is 5. The number of aromatic nitrogens is 3. The number of para-hydroxylation sites is 1. The van der Waals surface area contributed by atoms with Crippen LogP contribution in [0.4, 0.5) is 0 Å². The van der Waals surface area contributed by atoms with Gasteiger partial charge in [0.25, 0.3) is 0 Å². The lowest BCUT2D eigenvalue weighted by Crippen LogP contribution is -2.02. The zero-order chi connectivity index (χ0) is 23.8. The first-order chi connectivity index (χ1) is 17.3. The second-order valence-corrected chi connectivity index (χ2v) is 8.22. The number of ether oxygens (including phenoxy) is 2. The Bertz CT molecular complexity index is 1660. The molecule has 2 heterocycles. The second-order valence-electron chi connectivity index (χ2n) is 8.22. The Morgan fingerprint density at radius 1 is 0.657 bits per heavy atom. The highest BCUT2D eigenvalue weighted by Crippen LogP contribution is 2.40. The van der Waals surface area contributed by atoms with Crippen molar-refractivity contribution in [3.63, 3.8) is 0 Å². The van der Waals surface area contributed by atoms with E-state index in [1.807, 2.05) is 72.8 Å². The fourth-order valence-corrected chi connectivity index (χ4v) is 4.56. The highest BCUT2D eigenvalue weighted by atomic mass is 16.5. The van der Waals surface area contributed by atoms with Crippen LogP contribution < -0.4 is 9.47 Å². The van der Waals surface area contributed by atoms with E-state index >= 15 is 0 Å². The minimum Gasteiger partial charge on any atom is -0.497 e. The van der Waals surface area contributed by atoms with Gasteiger partial charge in [-0.25, -0.2) is 9.97 Å². The maximum atomic E-state index is 5.77. The first-order valence-electron chi connectivity index (χ1n) is 11.4. The van der Waals surface area contributed by atoms with Crippen LogP contribution in [-0.2, 0) is 0 Å². The van der Waals surface area contributed by atoms with Crippen LogP contribution in [0, 0.1) is 0 Å². The third-order valence-corrected chi connectivity index (χ3v) is 6.20. The van der Waals surface area contributed by atoms with E-state index in [1.165, 1.54) is 0 Å². The molecular weight excluding hydrogens is 434 g/mol. The number of methoxy groups -OCH3 is 2. The average Bonchev–Trinajstić information content (AvgIpc) is 3.34. The van der Waals surface area contributed by atoms with Crippen LogP contribution in [0.15, 0.2) is 103 Å². The molecule has 0 fully saturated rings. The van der Waals surface area contributed by atoms with Gasteiger partial charge in [-0.1, -0.05) is 72.8 Å². The fourth-order valence-electron chi connectivity index (χ4n) is 4.56. The van der Waals surface area contributed by atoms with Gasteiger partial charge in [0.1, 0.15) is 17.1 Å². The van der Waals surface area contributed by atoms with Gasteiger partial charge in [-0.15, -0.1) is 0 Å². The Balaban J connectivity index is 1.83. The van der Waals surface area contributed by atoms with Crippen molar-refractivity contribution in [3.8, 4) is 45.4 Å². The van der Waals surface area contributed by atoms with Crippen LogP contribution in [0.2, 0.25) is 0 Å². The zero-order valence-electron chi connectivity index (χ0n) is 19.5. The summed E-state index contributed by atoms with van der Waals surface area (Å²) >= 11 is 0. The molecule has 0 saturated heterocycles. The number of hydrogen-bond donors (Lipinski definition) is 0. The maximum absolute atomic E-state index is 5.77. The van der Waals surface area contributed by atoms with Gasteiger partial charge in [-0.05, 0) is 30.3 Å². The van der Waals surface area contributed by atoms with Crippen molar-refractivity contribution in [2.75, 3.05) is 14.2 Å². The number of fused-ring (bicyclic) bond motifs is 3. The molecule has 0 aliphatic carbocycles. The highest BCUT2D eigenvalue weighted by Gasteiger charge is 2.23. The minimum absolute atomic E-state index is 0.712. The van der Waals surface area contributed by atoms with E-state index in [1.54, 1.807) is 14.2 Å². The monoisotopic (exact) mass is 457 g/mol. The summed E-state index contributed by atoms with van der Waals surface area (Å²) < 4.78 is 13.5. The maximum Gasteiger partial charge on any atom is 0.150 e. The first kappa shape index (κ1) is 20.9. The summed E-state index contributed by atoms with van der Waals surface area (Å²) in [7, 11) is 3.33. The molecule has 0 bridgehead atoms. The average molecular weight is 458 g/mol. The van der Waals surface area contributed by atoms with Gasteiger partial charge in [0, 0.05) is 16.5 Å². The van der Waals surface area contributed by atoms with E-state index in [0.717, 1.165) is 56.2 Å². The van der Waals surface area contributed by atoms with Crippen molar-refractivity contribution in [1.82, 2.24) is 14.4 Å². The fraction of sp³-hybridized carbons (Fsp3) is 0.0667. The quantitative estimate of drug-likeness (QED) is 0.282. The standard InChI is InChI=1S/C30H23N3O2/c1-34-22-17-18-26(35-2)24(19-22)30-31-25-16-10-9-15-23(25)29-32-27(20-11-5-3-6-12-20)28(33(29)30)21-13-7-4-8-14-21/h3-19H,1-2H3. The van der Waals surface area contributed by atoms with Crippen LogP contribution in [0.25, 0.3) is 50.5 Å². The van der Waals surface area contributed by atoms with E-state index in [-0.39, 0.29) is 0 Å². The molecule has 35 heavy (non-hydrogen) atoms. The van der Waals surface area contributed by atoms with Crippen LogP contribution in [0.1, 0.15) is 0 Å². The van der Waals surface area contributed by atoms with Crippen molar-refractivity contribution in [3.05, 3.63) is 103 Å². The smallest absolute Gasteiger partial charge is 0.150 e. The third kappa shape index (κ3) is 3.49. The predicted octanol–water partition coefficient (Wildman–Crippen LogP) is 6.90. The van der Waals surface area contributed by atoms with E-state index in [4.69, 9.17) is 19.4 Å². The Morgan fingerprint density at radius 3 is 2.06 bits per heavy atom. The molecule has 0 aliphatic rings. The Morgan fingerprint density at radius 2 is 1.34 bits per heavy atom. The van der Waals surface area contributed by atoms with Crippen molar-refractivity contribution in [1.29, 1.82) is 0 Å². The summed E-state index contributed by atoms with van der Waals surface area (Å²) in [6.45, 7) is 0. The summed E-state index contributed by atoms with van der Waals surface area (Å²) in [4.78, 5) is 10.4. The zero-order valence-corrected chi connectivity index (χ0v) is 19.5. The molecule has 0 unspecified atom stereocenters. The molecule has 0 spiro atoms. The van der Waals surface area contributed by atoms with Crippen LogP contribution in [0.5, 0.6) is 11.5 Å². The Kier molecular flexibility index (Phi) is 5.15. The molecule has 2 aromatic heterocycles. The van der Waals surface area contributed by atoms with Gasteiger partial charge in [0.05, 0.1) is 36.7 Å². The van der Waals surface area contributed by atoms with Crippen molar-refractivity contribution in [2.24, 2.45) is 0 Å². The molecule has 0 atom stereocenters. The van der Waals surface area contributed by atoms with Crippen LogP contribution in [0.3, 0.4) is 0 Å². The number of nitrogens with zero attached hydrogens (tertiary/aromatic N) is 3. The van der Waals surface area contributed by atoms with Gasteiger partial charge in [0.15, 0.2) is 5.82 Å². The lowest BCUT2D eigenvalue weighted by Gasteiger charge is -2.15. The molecule has 170 valence electrons. The lowest BCUT2D eigenvalue weighted by atomic mass is 10.0. The predicted molar refractivity (Wildman–Crippen MR) is 140 cm³/mol. The van der Waals surface area contributed by atoms with Gasteiger partial charge in [-0.3, -0.25) is 4.40 Å². The van der Waals surface area contributed by atoms with E-state index in [2.05, 4.69) is 34.7 Å². The van der Waals surface area contributed by atoms with Crippen LogP contribution >= 0.6 is 0 Å². The van der Waals surface area contributed by atoms with Crippen molar-refractivity contribution in [2.45, 2.75) is 0 Å². The summed E-state index contributed by atoms with van der Waals surface area (Å²) in [5.41, 5.74) is 6.51. The molecule has 6 rings (SSSR count). The van der Waals surface area contributed by atoms with E-state index in [0.29, 0.717) is 5.75 Å². The van der Waals surface area contributed by atoms with E-state index in [9.17, 15) is 0 Å². The minimum atomic E-state index is 0.712. The second kappa shape index (κ2) is 8.61. The van der Waals surface area contributed by atoms with Crippen LogP contribution in [-0.4, -0.2) is 28.6 Å². The van der Waals surface area contributed by atoms with Crippen molar-refractivity contribution >= 4 is 16.6 Å². The molecule has 5 nitrogen and oxygen atoms in total. The normalized spacial score (nSPS) is 11.1. The molecule has 4 aromatic carbocycles. The molecule has 0 amide bonds. The summed E-state index contributed by atoms with van der Waals surface area (Å²) in [6.07, 6.45) is 0. The highest BCUT2D eigenvalue weighted by molar-refractivity contribution is 5.97. The molecule has 6 aromatic rings. The summed E-state index contributed by atoms with van der Waals surface area (Å²) in [5.74, 6) is 2.18. The molecule has 0 N–H and O–H groups in total. The van der Waals surface area contributed by atoms with Gasteiger partial charge in [-0.2, -0.15) is 0 Å². The number of benzene rings is 4. The largest absolute Gasteiger partial charge is 0.497 e. The van der Waals surface area contributed by atoms with Gasteiger partial charge < -0.3 is 9.47 Å². The van der Waals surface area contributed by atoms with Gasteiger partial charge in [0.2, 0.25) is 0 Å². The molecule has 5 heteroatoms. The summed E-state index contributed by atoms with van der Waals surface area (Å²) in [6, 6.07) is 34.5. The SMILES string of the molecule is COc1ccc(OC)c(-c2nc3ccccc3c3nc(-c4ccccc4)c(-c4ccccc4)n23)c1. The summed E-state index contributed by atoms with van der Waals surface area (Å²) in [5, 5.41) is 0.984. The lowest BCUT2D eigenvalue weighted by molar-refractivity contribution is 0.404. The molecular formula is C30H23N3O2.